The lowest BCUT2D eigenvalue weighted by molar-refractivity contribution is 0.102. The number of amides is 1. The minimum atomic E-state index is -0.413. The van der Waals surface area contributed by atoms with Gasteiger partial charge in [0.05, 0.1) is 18.8 Å². The summed E-state index contributed by atoms with van der Waals surface area (Å²) in [5.41, 5.74) is 16.4. The topological polar surface area (TPSA) is 192 Å². The van der Waals surface area contributed by atoms with Crippen molar-refractivity contribution in [3.8, 4) is 0 Å². The number of guanidine groups is 1. The molecule has 1 aliphatic heterocycles. The van der Waals surface area contributed by atoms with E-state index in [-0.39, 0.29) is 23.7 Å². The zero-order chi connectivity index (χ0) is 27.2. The first-order valence-corrected chi connectivity index (χ1v) is 13.1. The Balaban J connectivity index is 1.48. The Labute approximate surface area is 222 Å². The summed E-state index contributed by atoms with van der Waals surface area (Å²) >= 11 is 0. The maximum atomic E-state index is 12.6. The number of anilines is 2. The van der Waals surface area contributed by atoms with Crippen LogP contribution in [0.5, 0.6) is 0 Å². The van der Waals surface area contributed by atoms with Crippen molar-refractivity contribution in [1.29, 1.82) is 0 Å². The molecule has 1 amide bonds. The van der Waals surface area contributed by atoms with E-state index in [0.29, 0.717) is 38.4 Å². The molecule has 13 nitrogen and oxygen atoms in total. The van der Waals surface area contributed by atoms with Crippen LogP contribution in [-0.2, 0) is 11.3 Å². The first-order chi connectivity index (χ1) is 18.5. The average molecular weight is 529 g/mol. The van der Waals surface area contributed by atoms with E-state index in [0.717, 1.165) is 57.6 Å². The fourth-order valence-electron chi connectivity index (χ4n) is 4.17. The van der Waals surface area contributed by atoms with Crippen LogP contribution < -0.4 is 38.4 Å². The van der Waals surface area contributed by atoms with Crippen LogP contribution in [-0.4, -0.2) is 78.4 Å². The van der Waals surface area contributed by atoms with Gasteiger partial charge in [-0.25, -0.2) is 9.78 Å². The lowest BCUT2D eigenvalue weighted by Crippen LogP contribution is -2.36. The lowest BCUT2D eigenvalue weighted by Gasteiger charge is -2.27. The van der Waals surface area contributed by atoms with Crippen LogP contribution in [0.4, 0.5) is 11.6 Å². The highest BCUT2D eigenvalue weighted by molar-refractivity contribution is 6.03. The number of nitrogens with two attached hydrogens (primary N) is 3. The molecule has 2 aromatic heterocycles. The van der Waals surface area contributed by atoms with Crippen molar-refractivity contribution in [3.63, 3.8) is 0 Å². The second kappa shape index (κ2) is 15.6. The van der Waals surface area contributed by atoms with Crippen LogP contribution in [0.15, 0.2) is 40.4 Å². The fourth-order valence-corrected chi connectivity index (χ4v) is 4.17. The summed E-state index contributed by atoms with van der Waals surface area (Å²) in [6.45, 7) is 5.44. The van der Waals surface area contributed by atoms with Crippen LogP contribution in [0.1, 0.15) is 42.5 Å². The molecule has 2 aromatic rings. The van der Waals surface area contributed by atoms with Gasteiger partial charge in [-0.1, -0.05) is 0 Å². The van der Waals surface area contributed by atoms with Gasteiger partial charge in [0.15, 0.2) is 5.96 Å². The van der Waals surface area contributed by atoms with Gasteiger partial charge in [-0.15, -0.1) is 0 Å². The molecular weight excluding hydrogens is 488 g/mol. The first-order valence-electron chi connectivity index (χ1n) is 13.1. The smallest absolute Gasteiger partial charge is 0.349 e. The fraction of sp³-hybridized carbons (Fsp3) is 0.560. The predicted molar refractivity (Wildman–Crippen MR) is 148 cm³/mol. The van der Waals surface area contributed by atoms with Crippen LogP contribution in [0, 0.1) is 0 Å². The Bertz CT molecular complexity index is 1080. The molecule has 1 saturated heterocycles. The molecule has 1 fully saturated rings. The van der Waals surface area contributed by atoms with Gasteiger partial charge in [-0.05, 0) is 63.4 Å². The molecule has 0 radical (unpaired) electrons. The normalized spacial score (nSPS) is 14.2. The molecule has 8 N–H and O–H groups in total. The van der Waals surface area contributed by atoms with Gasteiger partial charge in [-0.2, -0.15) is 4.98 Å². The van der Waals surface area contributed by atoms with E-state index >= 15 is 0 Å². The summed E-state index contributed by atoms with van der Waals surface area (Å²) in [5, 5.41) is 6.20. The second-order valence-corrected chi connectivity index (χ2v) is 9.13. The van der Waals surface area contributed by atoms with Gasteiger partial charge in [-0.3, -0.25) is 14.4 Å². The highest BCUT2D eigenvalue weighted by atomic mass is 16.5. The van der Waals surface area contributed by atoms with Crippen molar-refractivity contribution >= 4 is 23.5 Å². The van der Waals surface area contributed by atoms with Crippen molar-refractivity contribution in [2.45, 2.75) is 44.7 Å². The number of hydrogen-bond donors (Lipinski definition) is 5. The molecule has 0 spiro atoms. The number of hydrogen-bond acceptors (Lipinski definition) is 9. The van der Waals surface area contributed by atoms with E-state index in [4.69, 9.17) is 21.9 Å². The Hall–Kier alpha value is -3.55. The molecule has 0 aromatic carbocycles. The number of aliphatic imine (C=N–C) groups is 1. The molecule has 1 aliphatic rings. The molecule has 38 heavy (non-hydrogen) atoms. The van der Waals surface area contributed by atoms with Crippen LogP contribution in [0.2, 0.25) is 0 Å². The van der Waals surface area contributed by atoms with Gasteiger partial charge in [0.1, 0.15) is 11.6 Å². The Kier molecular flexibility index (Phi) is 11.9. The zero-order valence-electron chi connectivity index (χ0n) is 21.8. The number of aryl methyl sites for hydroxylation is 1. The number of aromatic nitrogens is 3. The number of nitrogens with zero attached hydrogens (tertiary/aromatic N) is 5. The van der Waals surface area contributed by atoms with Crippen molar-refractivity contribution in [2.75, 3.05) is 56.2 Å². The molecule has 3 heterocycles. The van der Waals surface area contributed by atoms with Crippen LogP contribution >= 0.6 is 0 Å². The SMILES string of the molecule is NCCCNC(CCCN=C(N)N)CCCn1ccc(NC(=O)c2ccc(N3CCOCC3)nc2)nc1=O. The number of ether oxygens (including phenoxy) is 1. The second-order valence-electron chi connectivity index (χ2n) is 9.13. The molecular formula is C25H40N10O3. The summed E-state index contributed by atoms with van der Waals surface area (Å²) < 4.78 is 6.90. The van der Waals surface area contributed by atoms with Crippen molar-refractivity contribution in [2.24, 2.45) is 22.2 Å². The molecule has 13 heteroatoms. The maximum Gasteiger partial charge on any atom is 0.349 e. The Morgan fingerprint density at radius 1 is 1.13 bits per heavy atom. The quantitative estimate of drug-likeness (QED) is 0.118. The van der Waals surface area contributed by atoms with E-state index in [1.807, 2.05) is 6.07 Å². The minimum Gasteiger partial charge on any atom is -0.378 e. The molecule has 1 atom stereocenters. The van der Waals surface area contributed by atoms with E-state index in [9.17, 15) is 9.59 Å². The number of nitrogens with one attached hydrogen (secondary N) is 2. The molecule has 3 rings (SSSR count). The van der Waals surface area contributed by atoms with E-state index in [2.05, 4.69) is 30.5 Å². The highest BCUT2D eigenvalue weighted by Gasteiger charge is 2.14. The lowest BCUT2D eigenvalue weighted by atomic mass is 10.1. The first kappa shape index (κ1) is 29.0. The third-order valence-electron chi connectivity index (χ3n) is 6.23. The third kappa shape index (κ3) is 9.72. The molecule has 208 valence electrons. The predicted octanol–water partition coefficient (Wildman–Crippen LogP) is -0.132. The van der Waals surface area contributed by atoms with Gasteiger partial charge in [0, 0.05) is 44.6 Å². The maximum absolute atomic E-state index is 12.6. The van der Waals surface area contributed by atoms with Gasteiger partial charge >= 0.3 is 5.69 Å². The largest absolute Gasteiger partial charge is 0.378 e. The Morgan fingerprint density at radius 3 is 2.61 bits per heavy atom. The van der Waals surface area contributed by atoms with Crippen LogP contribution in [0.25, 0.3) is 0 Å². The summed E-state index contributed by atoms with van der Waals surface area (Å²) in [6, 6.07) is 5.43. The van der Waals surface area contributed by atoms with E-state index in [1.165, 1.54) is 6.20 Å². The standard InChI is InChI=1S/C25H40N10O3/c26-9-3-11-29-20(4-1-10-30-24(27)28)5-2-12-35-13-8-21(33-25(35)37)32-23(36)19-6-7-22(31-18-19)34-14-16-38-17-15-34/h6-8,13,18,20,29H,1-5,9-12,14-17,26H2,(H4,27,28,30)(H,32,33,36,37). The Morgan fingerprint density at radius 2 is 1.92 bits per heavy atom. The van der Waals surface area contributed by atoms with E-state index in [1.54, 1.807) is 22.9 Å². The van der Waals surface area contributed by atoms with Crippen molar-refractivity contribution in [1.82, 2.24) is 19.9 Å². The van der Waals surface area contributed by atoms with Gasteiger partial charge < -0.3 is 37.5 Å². The zero-order valence-corrected chi connectivity index (χ0v) is 21.8. The minimum absolute atomic E-state index is 0.0995. The number of carbonyl (C=O) groups excluding carboxylic acids is 1. The number of pyridine rings is 1. The monoisotopic (exact) mass is 528 g/mol. The van der Waals surface area contributed by atoms with Gasteiger partial charge in [0.25, 0.3) is 5.91 Å². The van der Waals surface area contributed by atoms with Crippen molar-refractivity contribution in [3.05, 3.63) is 46.6 Å². The molecule has 0 aliphatic carbocycles. The summed E-state index contributed by atoms with van der Waals surface area (Å²) in [7, 11) is 0. The number of rotatable bonds is 15. The summed E-state index contributed by atoms with van der Waals surface area (Å²) in [5.74, 6) is 0.732. The average Bonchev–Trinajstić information content (AvgIpc) is 2.92. The van der Waals surface area contributed by atoms with E-state index < -0.39 is 5.69 Å². The third-order valence-corrected chi connectivity index (χ3v) is 6.23. The number of morpholine rings is 1. The van der Waals surface area contributed by atoms with Crippen LogP contribution in [0.3, 0.4) is 0 Å². The molecule has 0 saturated carbocycles. The summed E-state index contributed by atoms with van der Waals surface area (Å²) in [6.07, 6.45) is 7.52. The highest BCUT2D eigenvalue weighted by Crippen LogP contribution is 2.14. The van der Waals surface area contributed by atoms with Gasteiger partial charge in [0.2, 0.25) is 0 Å². The number of carbonyl (C=O) groups is 1. The van der Waals surface area contributed by atoms with Crippen molar-refractivity contribution < 1.29 is 9.53 Å². The molecule has 0 bridgehead atoms. The summed E-state index contributed by atoms with van der Waals surface area (Å²) in [4.78, 5) is 39.7. The molecule has 1 unspecified atom stereocenters.